The van der Waals surface area contributed by atoms with E-state index in [0.29, 0.717) is 7.25 Å². The number of benzene rings is 2. The fraction of sp³-hybridized carbons (Fsp3) is 0.143. The third kappa shape index (κ3) is 3.02. The van der Waals surface area contributed by atoms with E-state index in [1.165, 1.54) is 22.3 Å². The van der Waals surface area contributed by atoms with E-state index in [1.54, 1.807) is 0 Å². The molecule has 2 aliphatic carbocycles. The van der Waals surface area contributed by atoms with Crippen molar-refractivity contribution in [3.63, 3.8) is 0 Å². The SMILES string of the molecule is C=[CH][Zr]([CH3])(=[SiH2])([CH]1C=Cc2ccccc21)[CH]1C=Cc2ccccc21.Cl.Cl. The molecule has 0 spiro atoms. The van der Waals surface area contributed by atoms with Gasteiger partial charge < -0.3 is 0 Å². The molecule has 0 aliphatic heterocycles. The molecule has 0 saturated carbocycles. The van der Waals surface area contributed by atoms with Crippen LogP contribution in [0, 0.1) is 0 Å². The molecular weight excluding hydrogens is 442 g/mol. The number of hydrogen-bond donors (Lipinski definition) is 0. The summed E-state index contributed by atoms with van der Waals surface area (Å²) in [5.74, 6) is 0. The van der Waals surface area contributed by atoms with Crippen molar-refractivity contribution in [2.45, 2.75) is 11.9 Å². The third-order valence-electron chi connectivity index (χ3n) is 5.96. The minimum Gasteiger partial charge on any atom is -0.147 e. The van der Waals surface area contributed by atoms with Crippen molar-refractivity contribution < 1.29 is 17.4 Å². The van der Waals surface area contributed by atoms with Gasteiger partial charge in [-0.2, -0.15) is 0 Å². The normalized spacial score (nSPS) is 20.2. The molecule has 2 atom stereocenters. The Kier molecular flexibility index (Phi) is 5.91. The van der Waals surface area contributed by atoms with Crippen molar-refractivity contribution >= 4 is 43.8 Å². The second-order valence-corrected chi connectivity index (χ2v) is 34.4. The summed E-state index contributed by atoms with van der Waals surface area (Å²) in [5, 5.41) is 0. The van der Waals surface area contributed by atoms with Crippen LogP contribution < -0.4 is 0 Å². The van der Waals surface area contributed by atoms with Crippen LogP contribution in [-0.4, -0.2) is 6.88 Å². The summed E-state index contributed by atoms with van der Waals surface area (Å²) >= 11 is -3.31. The number of halogens is 2. The fourth-order valence-corrected chi connectivity index (χ4v) is 19.6. The molecule has 2 aromatic rings. The zero-order chi connectivity index (χ0) is 16.1. The predicted octanol–water partition coefficient (Wildman–Crippen LogP) is 5.80. The van der Waals surface area contributed by atoms with Gasteiger partial charge in [0, 0.05) is 0 Å². The molecule has 0 radical (unpaired) electrons. The van der Waals surface area contributed by atoms with Gasteiger partial charge in [-0.1, -0.05) is 0 Å². The van der Waals surface area contributed by atoms with E-state index in [4.69, 9.17) is 0 Å². The van der Waals surface area contributed by atoms with Crippen molar-refractivity contribution in [1.29, 1.82) is 0 Å². The van der Waals surface area contributed by atoms with Gasteiger partial charge in [-0.25, -0.2) is 0 Å². The van der Waals surface area contributed by atoms with Crippen molar-refractivity contribution in [2.75, 3.05) is 0 Å². The van der Waals surface area contributed by atoms with E-state index < -0.39 is 17.4 Å². The molecule has 130 valence electrons. The van der Waals surface area contributed by atoms with E-state index in [-0.39, 0.29) is 24.8 Å². The Morgan fingerprint density at radius 3 is 1.64 bits per heavy atom. The van der Waals surface area contributed by atoms with Crippen LogP contribution in [-0.2, 0) is 17.4 Å². The Labute approximate surface area is 165 Å². The first-order valence-corrected chi connectivity index (χ1v) is 20.9. The summed E-state index contributed by atoms with van der Waals surface area (Å²) in [6.07, 6.45) is 9.55. The van der Waals surface area contributed by atoms with Gasteiger partial charge in [0.2, 0.25) is 0 Å². The van der Waals surface area contributed by atoms with Gasteiger partial charge in [-0.05, 0) is 0 Å². The Morgan fingerprint density at radius 1 is 0.840 bits per heavy atom. The first-order valence-electron chi connectivity index (χ1n) is 8.27. The second kappa shape index (κ2) is 7.16. The summed E-state index contributed by atoms with van der Waals surface area (Å²) in [6.45, 7) is 6.68. The molecule has 0 heterocycles. The van der Waals surface area contributed by atoms with Crippen LogP contribution in [0.2, 0.25) is 4.63 Å². The Bertz CT molecular complexity index is 877. The van der Waals surface area contributed by atoms with Crippen LogP contribution in [0.4, 0.5) is 0 Å². The smallest absolute Gasteiger partial charge is 0.147 e. The van der Waals surface area contributed by atoms with Crippen LogP contribution in [0.1, 0.15) is 29.5 Å². The van der Waals surface area contributed by atoms with Gasteiger partial charge in [0.1, 0.15) is 0 Å². The Balaban J connectivity index is 0.00000113. The fourth-order valence-electron chi connectivity index (χ4n) is 4.39. The molecule has 4 heteroatoms. The van der Waals surface area contributed by atoms with Gasteiger partial charge in [0.25, 0.3) is 0 Å². The molecule has 0 N–H and O–H groups in total. The largest absolute Gasteiger partial charge is 0.147 e. The maximum absolute atomic E-state index is 4.37. The number of allylic oxidation sites excluding steroid dienone is 2. The average molecular weight is 467 g/mol. The van der Waals surface area contributed by atoms with Crippen molar-refractivity contribution in [3.05, 3.63) is 93.3 Å². The predicted molar refractivity (Wildman–Crippen MR) is 116 cm³/mol. The summed E-state index contributed by atoms with van der Waals surface area (Å²) in [7, 11) is 0. The van der Waals surface area contributed by atoms with Gasteiger partial charge >= 0.3 is 142 Å². The van der Waals surface area contributed by atoms with Crippen LogP contribution >= 0.6 is 24.8 Å². The Hall–Kier alpha value is -0.660. The van der Waals surface area contributed by atoms with E-state index in [2.05, 4.69) is 94.7 Å². The summed E-state index contributed by atoms with van der Waals surface area (Å²) < 4.78 is 6.07. The van der Waals surface area contributed by atoms with E-state index >= 15 is 0 Å². The topological polar surface area (TPSA) is 0 Å². The van der Waals surface area contributed by atoms with Crippen LogP contribution in [0.15, 0.2) is 71.0 Å². The number of fused-ring (bicyclic) bond motifs is 2. The van der Waals surface area contributed by atoms with Crippen molar-refractivity contribution in [2.24, 2.45) is 0 Å². The molecule has 0 nitrogen and oxygen atoms in total. The van der Waals surface area contributed by atoms with Gasteiger partial charge in [-0.3, -0.25) is 0 Å². The van der Waals surface area contributed by atoms with Crippen molar-refractivity contribution in [3.8, 4) is 0 Å². The van der Waals surface area contributed by atoms with Crippen LogP contribution in [0.25, 0.3) is 12.2 Å². The summed E-state index contributed by atoms with van der Waals surface area (Å²) in [5.41, 5.74) is 5.80. The van der Waals surface area contributed by atoms with Crippen molar-refractivity contribution in [1.82, 2.24) is 0 Å². The van der Waals surface area contributed by atoms with E-state index in [1.807, 2.05) is 0 Å². The van der Waals surface area contributed by atoms with Gasteiger partial charge in [0.15, 0.2) is 0 Å². The molecule has 0 bridgehead atoms. The third-order valence-corrected chi connectivity index (χ3v) is 27.0. The maximum atomic E-state index is 4.37. The number of rotatable bonds is 3. The minimum absolute atomic E-state index is 0. The molecule has 4 rings (SSSR count). The molecule has 0 fully saturated rings. The molecule has 0 amide bonds. The molecule has 2 aromatic carbocycles. The summed E-state index contributed by atoms with van der Waals surface area (Å²) in [6, 6.07) is 17.8. The quantitative estimate of drug-likeness (QED) is 0.502. The first-order chi connectivity index (χ1) is 11.0. The molecular formula is C21H24Cl2SiZr. The molecule has 0 saturated heterocycles. The van der Waals surface area contributed by atoms with Crippen LogP contribution in [0.5, 0.6) is 0 Å². The first kappa shape index (κ1) is 20.6. The van der Waals surface area contributed by atoms with E-state index in [9.17, 15) is 0 Å². The van der Waals surface area contributed by atoms with Gasteiger partial charge in [0.05, 0.1) is 0 Å². The molecule has 2 unspecified atom stereocenters. The molecule has 25 heavy (non-hydrogen) atoms. The maximum Gasteiger partial charge on any atom is -0.147 e. The Morgan fingerprint density at radius 2 is 1.24 bits per heavy atom. The minimum atomic E-state index is -3.31. The second-order valence-electron chi connectivity index (χ2n) is 7.47. The average Bonchev–Trinajstić information content (AvgIpc) is 3.20. The number of hydrogen-bond acceptors (Lipinski definition) is 0. The monoisotopic (exact) mass is 464 g/mol. The van der Waals surface area contributed by atoms with E-state index in [0.717, 1.165) is 0 Å². The van der Waals surface area contributed by atoms with Crippen LogP contribution in [0.3, 0.4) is 0 Å². The zero-order valence-corrected chi connectivity index (χ0v) is 19.9. The molecule has 0 aromatic heterocycles. The standard InChI is InChI=1S/2C9H7.C2H3.CH3.2ClH.H2Si.Zr/c2*1-2-5-9-7-3-6-8(9)4-1;1-2;;;;;/h2*1-7H;1H,2H2;1H3;2*1H;1H2;. The zero-order valence-electron chi connectivity index (χ0n) is 14.4. The summed E-state index contributed by atoms with van der Waals surface area (Å²) in [4.78, 5) is 0. The van der Waals surface area contributed by atoms with Gasteiger partial charge in [-0.15, -0.1) is 24.8 Å². The molecule has 2 aliphatic rings.